The number of nitrogens with zero attached hydrogens (tertiary/aromatic N) is 6. The van der Waals surface area contributed by atoms with Gasteiger partial charge in [0.05, 0.1) is 82.5 Å². The van der Waals surface area contributed by atoms with Gasteiger partial charge >= 0.3 is 10.3 Å². The molecule has 0 aliphatic rings. The zero-order valence-electron chi connectivity index (χ0n) is 32.9. The summed E-state index contributed by atoms with van der Waals surface area (Å²) in [5.74, 6) is -0.846. The Balaban J connectivity index is 0.000000291. The van der Waals surface area contributed by atoms with Gasteiger partial charge in [-0.15, -0.1) is 0 Å². The summed E-state index contributed by atoms with van der Waals surface area (Å²) in [6, 6.07) is 32.4. The average molecular weight is 895 g/mol. The van der Waals surface area contributed by atoms with Crippen molar-refractivity contribution in [2.45, 2.75) is 11.5 Å². The molecule has 0 spiro atoms. The molecule has 0 bridgehead atoms. The van der Waals surface area contributed by atoms with Crippen molar-refractivity contribution in [2.24, 2.45) is 34.6 Å². The maximum Gasteiger partial charge on any atom is 0.408 e. The van der Waals surface area contributed by atoms with Crippen LogP contribution in [0.25, 0.3) is 0 Å². The van der Waals surface area contributed by atoms with Crippen molar-refractivity contribution >= 4 is 75.9 Å². The first-order valence-corrected chi connectivity index (χ1v) is 23.2. The predicted octanol–water partition coefficient (Wildman–Crippen LogP) is 7.31. The second-order valence-corrected chi connectivity index (χ2v) is 17.1. The molecule has 0 atom stereocenters. The second-order valence-electron chi connectivity index (χ2n) is 12.5. The van der Waals surface area contributed by atoms with Gasteiger partial charge < -0.3 is 29.2 Å². The lowest BCUT2D eigenvalue weighted by Crippen LogP contribution is -2.23. The van der Waals surface area contributed by atoms with Crippen molar-refractivity contribution in [3.8, 4) is 0 Å². The Morgan fingerprint density at radius 2 is 0.900 bits per heavy atom. The van der Waals surface area contributed by atoms with E-state index in [2.05, 4.69) is 31.1 Å². The molecule has 0 saturated heterocycles. The van der Waals surface area contributed by atoms with E-state index in [0.29, 0.717) is 37.6 Å². The van der Waals surface area contributed by atoms with E-state index in [0.717, 1.165) is 46.1 Å². The molecule has 318 valence electrons. The highest BCUT2D eigenvalue weighted by molar-refractivity contribution is 7.85. The van der Waals surface area contributed by atoms with Crippen molar-refractivity contribution in [1.82, 2.24) is 0 Å². The molecule has 0 saturated carbocycles. The van der Waals surface area contributed by atoms with Crippen molar-refractivity contribution in [3.63, 3.8) is 0 Å². The van der Waals surface area contributed by atoms with E-state index in [9.17, 15) is 25.9 Å². The summed E-state index contributed by atoms with van der Waals surface area (Å²) in [6.45, 7) is 3.76. The van der Waals surface area contributed by atoms with Gasteiger partial charge in [-0.2, -0.15) is 0 Å². The molecular weight excluding hydrogens is 849 g/mol. The quantitative estimate of drug-likeness (QED) is 0.0358. The average Bonchev–Trinajstić information content (AvgIpc) is 3.84. The van der Waals surface area contributed by atoms with E-state index in [4.69, 9.17) is 9.47 Å². The number of aromatic nitrogens is 2. The number of hydrogen-bond acceptors (Lipinski definition) is 16. The predicted molar refractivity (Wildman–Crippen MR) is 231 cm³/mol. The molecule has 6 rings (SSSR count). The Hall–Kier alpha value is -5.32. The first kappa shape index (κ1) is 47.4. The van der Waals surface area contributed by atoms with Gasteiger partial charge in [-0.3, -0.25) is 0 Å². The lowest BCUT2D eigenvalue weighted by Gasteiger charge is -2.09. The molecule has 0 aliphatic carbocycles. The van der Waals surface area contributed by atoms with E-state index in [-0.39, 0.29) is 0 Å². The Morgan fingerprint density at radius 1 is 0.533 bits per heavy atom. The molecule has 2 aromatic heterocycles. The number of nitrogens with one attached hydrogen (secondary N) is 2. The van der Waals surface area contributed by atoms with Crippen LogP contribution in [0.3, 0.4) is 0 Å². The van der Waals surface area contributed by atoms with Crippen LogP contribution in [0.4, 0.5) is 33.0 Å². The van der Waals surface area contributed by atoms with E-state index in [1.54, 1.807) is 83.3 Å². The topological polar surface area (TPSA) is 214 Å². The van der Waals surface area contributed by atoms with Gasteiger partial charge in [0, 0.05) is 35.2 Å². The number of anilines is 2. The highest BCUT2D eigenvalue weighted by Crippen LogP contribution is 2.22. The van der Waals surface area contributed by atoms with Gasteiger partial charge in [-0.05, 0) is 92.6 Å². The van der Waals surface area contributed by atoms with Crippen molar-refractivity contribution < 1.29 is 44.5 Å². The molecule has 20 heteroatoms. The van der Waals surface area contributed by atoms with Crippen LogP contribution in [0.5, 0.6) is 0 Å². The first-order chi connectivity index (χ1) is 28.8. The fourth-order valence-corrected chi connectivity index (χ4v) is 7.32. The number of benzene rings is 4. The monoisotopic (exact) mass is 894 g/mol. The maximum atomic E-state index is 10.2. The number of ether oxygens (including phenoxy) is 2. The lowest BCUT2D eigenvalue weighted by atomic mass is 10.2. The van der Waals surface area contributed by atoms with Crippen LogP contribution in [0.2, 0.25) is 0 Å². The SMILES string of the molecule is C[n+]1ccsc1N=Nc1ccc(NCCOCCOCCNc2ccc(N=Nc3scc[n+]3C)cc2)cc1.O=S(=O)([O-])Cc1ccccc1.O=S(=O)([O-])Cc1ccccc1. The minimum absolute atomic E-state index is 0.423. The van der Waals surface area contributed by atoms with E-state index in [1.807, 2.05) is 94.9 Å². The summed E-state index contributed by atoms with van der Waals surface area (Å²) in [5.41, 5.74) is 4.72. The number of hydrogen-bond donors (Lipinski definition) is 2. The highest BCUT2D eigenvalue weighted by Gasteiger charge is 2.08. The summed E-state index contributed by atoms with van der Waals surface area (Å²) < 4.78 is 76.6. The van der Waals surface area contributed by atoms with Crippen LogP contribution >= 0.6 is 22.7 Å². The van der Waals surface area contributed by atoms with E-state index in [1.165, 1.54) is 0 Å². The number of azo groups is 2. The molecule has 60 heavy (non-hydrogen) atoms. The smallest absolute Gasteiger partial charge is 0.408 e. The molecule has 0 amide bonds. The van der Waals surface area contributed by atoms with Crippen molar-refractivity contribution in [2.75, 3.05) is 50.2 Å². The third kappa shape index (κ3) is 20.1. The number of aryl methyl sites for hydroxylation is 2. The minimum atomic E-state index is -4.13. The summed E-state index contributed by atoms with van der Waals surface area (Å²) >= 11 is 3.11. The fourth-order valence-electron chi connectivity index (χ4n) is 4.75. The van der Waals surface area contributed by atoms with Crippen LogP contribution in [0.1, 0.15) is 11.1 Å². The summed E-state index contributed by atoms with van der Waals surface area (Å²) in [4.78, 5) is 0. The zero-order chi connectivity index (χ0) is 43.1. The molecule has 16 nitrogen and oxygen atoms in total. The molecule has 0 radical (unpaired) electrons. The Kier molecular flexibility index (Phi) is 20.0. The third-order valence-corrected chi connectivity index (χ3v) is 10.7. The summed E-state index contributed by atoms with van der Waals surface area (Å²) in [6.07, 6.45) is 3.92. The van der Waals surface area contributed by atoms with Gasteiger partial charge in [-0.1, -0.05) is 60.7 Å². The Bertz CT molecular complexity index is 2240. The number of rotatable bonds is 19. The minimum Gasteiger partial charge on any atom is -0.748 e. The van der Waals surface area contributed by atoms with Crippen LogP contribution in [0, 0.1) is 0 Å². The zero-order valence-corrected chi connectivity index (χ0v) is 36.2. The first-order valence-electron chi connectivity index (χ1n) is 18.3. The summed E-state index contributed by atoms with van der Waals surface area (Å²) in [5, 5.41) is 29.4. The Morgan fingerprint density at radius 3 is 1.22 bits per heavy atom. The number of thiazole rings is 2. The van der Waals surface area contributed by atoms with Gasteiger partial charge in [-0.25, -0.2) is 26.0 Å². The van der Waals surface area contributed by atoms with Crippen LogP contribution in [0.15, 0.2) is 153 Å². The van der Waals surface area contributed by atoms with Crippen molar-refractivity contribution in [1.29, 1.82) is 0 Å². The Labute approximate surface area is 358 Å². The molecule has 0 unspecified atom stereocenters. The van der Waals surface area contributed by atoms with Crippen molar-refractivity contribution in [3.05, 3.63) is 143 Å². The lowest BCUT2D eigenvalue weighted by molar-refractivity contribution is -0.654. The largest absolute Gasteiger partial charge is 0.748 e. The molecule has 6 aromatic rings. The highest BCUT2D eigenvalue weighted by atomic mass is 32.2. The molecule has 0 fully saturated rings. The van der Waals surface area contributed by atoms with Crippen LogP contribution < -0.4 is 19.8 Å². The van der Waals surface area contributed by atoms with Gasteiger partial charge in [0.15, 0.2) is 0 Å². The normalized spacial score (nSPS) is 11.5. The van der Waals surface area contributed by atoms with Crippen LogP contribution in [-0.4, -0.2) is 65.5 Å². The van der Waals surface area contributed by atoms with Crippen LogP contribution in [-0.2, 0) is 55.3 Å². The second kappa shape index (κ2) is 25.3. The molecular formula is C40H46N8O8S4. The van der Waals surface area contributed by atoms with Gasteiger partial charge in [0.1, 0.15) is 23.8 Å². The van der Waals surface area contributed by atoms with Gasteiger partial charge in [0.25, 0.3) is 0 Å². The molecule has 0 aliphatic heterocycles. The molecule has 4 aromatic carbocycles. The van der Waals surface area contributed by atoms with E-state index >= 15 is 0 Å². The standard InChI is InChI=1S/C26H30N8O2S2.2C7H8O3S/c1-33-13-19-37-25(33)31-29-23-7-3-21(4-8-23)27-11-15-35-17-18-36-16-12-28-22-5-9-24(10-6-22)30-32-26-34(2)14-20-38-26;2*8-11(9,10)6-7-4-2-1-3-5-7/h3-10,13-14,19-20H,11-12,15-18H2,1-2H3;2*1-5H,6H2,(H,8,9,10). The van der Waals surface area contributed by atoms with E-state index < -0.39 is 31.7 Å². The fraction of sp³-hybridized carbons (Fsp3) is 0.250. The third-order valence-electron chi connectivity index (χ3n) is 7.65. The van der Waals surface area contributed by atoms with Gasteiger partial charge in [0.2, 0.25) is 0 Å². The summed E-state index contributed by atoms with van der Waals surface area (Å²) in [7, 11) is -4.35. The molecule has 2 N–H and O–H groups in total. The molecule has 2 heterocycles. The maximum absolute atomic E-state index is 10.2.